The Morgan fingerprint density at radius 2 is 1.92 bits per heavy atom. The Balaban J connectivity index is 1.65. The topological polar surface area (TPSA) is 62.8 Å². The van der Waals surface area contributed by atoms with E-state index in [1.807, 2.05) is 49.4 Å². The summed E-state index contributed by atoms with van der Waals surface area (Å²) in [5.74, 6) is 0.617. The molecule has 2 aromatic carbocycles. The highest BCUT2D eigenvalue weighted by molar-refractivity contribution is 5.97. The van der Waals surface area contributed by atoms with Gasteiger partial charge in [-0.2, -0.15) is 0 Å². The van der Waals surface area contributed by atoms with E-state index in [4.69, 9.17) is 9.47 Å². The van der Waals surface area contributed by atoms with Crippen molar-refractivity contribution in [3.8, 4) is 5.75 Å². The van der Waals surface area contributed by atoms with Crippen molar-refractivity contribution in [3.05, 3.63) is 48.0 Å². The summed E-state index contributed by atoms with van der Waals surface area (Å²) in [4.78, 5) is 14.7. The minimum atomic E-state index is -0.103. The van der Waals surface area contributed by atoms with Gasteiger partial charge in [-0.05, 0) is 36.8 Å². The lowest BCUT2D eigenvalue weighted by Gasteiger charge is -2.30. The molecule has 0 saturated carbocycles. The molecule has 2 aromatic rings. The Kier molecular flexibility index (Phi) is 5.96. The smallest absolute Gasteiger partial charge is 0.243 e. The zero-order valence-electron chi connectivity index (χ0n) is 15.2. The van der Waals surface area contributed by atoms with Crippen LogP contribution in [0.1, 0.15) is 5.56 Å². The Bertz CT molecular complexity index is 758. The SMILES string of the molecule is COc1ccc(C)cc1NCC(=O)Nc1ccccc1N1CCOCC1. The van der Waals surface area contributed by atoms with Crippen molar-refractivity contribution in [2.75, 3.05) is 55.5 Å². The van der Waals surface area contributed by atoms with Crippen LogP contribution in [-0.2, 0) is 9.53 Å². The van der Waals surface area contributed by atoms with E-state index in [1.54, 1.807) is 7.11 Å². The standard InChI is InChI=1S/C20H25N3O3/c1-15-7-8-19(25-2)17(13-15)21-14-20(24)22-16-5-3-4-6-18(16)23-9-11-26-12-10-23/h3-8,13,21H,9-12,14H2,1-2H3,(H,22,24). The summed E-state index contributed by atoms with van der Waals surface area (Å²) in [5.41, 5.74) is 3.75. The molecule has 3 rings (SSSR count). The maximum absolute atomic E-state index is 12.4. The lowest BCUT2D eigenvalue weighted by Crippen LogP contribution is -2.37. The molecule has 0 atom stereocenters. The number of carbonyl (C=O) groups is 1. The van der Waals surface area contributed by atoms with Crippen LogP contribution in [-0.4, -0.2) is 45.9 Å². The van der Waals surface area contributed by atoms with Gasteiger partial charge in [-0.25, -0.2) is 0 Å². The number of nitrogens with one attached hydrogen (secondary N) is 2. The van der Waals surface area contributed by atoms with Gasteiger partial charge in [0.05, 0.1) is 43.9 Å². The molecule has 6 nitrogen and oxygen atoms in total. The largest absolute Gasteiger partial charge is 0.495 e. The van der Waals surface area contributed by atoms with Crippen molar-refractivity contribution in [3.63, 3.8) is 0 Å². The zero-order chi connectivity index (χ0) is 18.4. The average molecular weight is 355 g/mol. The number of anilines is 3. The van der Waals surface area contributed by atoms with Crippen molar-refractivity contribution in [1.82, 2.24) is 0 Å². The van der Waals surface area contributed by atoms with E-state index in [0.29, 0.717) is 13.2 Å². The van der Waals surface area contributed by atoms with Crippen LogP contribution in [0.4, 0.5) is 17.1 Å². The Labute approximate surface area is 154 Å². The van der Waals surface area contributed by atoms with Crippen LogP contribution < -0.4 is 20.3 Å². The van der Waals surface area contributed by atoms with E-state index < -0.39 is 0 Å². The number of ether oxygens (including phenoxy) is 2. The minimum Gasteiger partial charge on any atom is -0.495 e. The number of benzene rings is 2. The number of amides is 1. The van der Waals surface area contributed by atoms with Gasteiger partial charge in [-0.1, -0.05) is 18.2 Å². The quantitative estimate of drug-likeness (QED) is 0.834. The van der Waals surface area contributed by atoms with Crippen LogP contribution >= 0.6 is 0 Å². The van der Waals surface area contributed by atoms with Crippen LogP contribution in [0.2, 0.25) is 0 Å². The van der Waals surface area contributed by atoms with Crippen LogP contribution in [0, 0.1) is 6.92 Å². The second-order valence-corrected chi connectivity index (χ2v) is 6.22. The van der Waals surface area contributed by atoms with Crippen molar-refractivity contribution < 1.29 is 14.3 Å². The van der Waals surface area contributed by atoms with Gasteiger partial charge >= 0.3 is 0 Å². The second kappa shape index (κ2) is 8.58. The minimum absolute atomic E-state index is 0.103. The molecule has 0 radical (unpaired) electrons. The number of rotatable bonds is 6. The first-order valence-corrected chi connectivity index (χ1v) is 8.77. The summed E-state index contributed by atoms with van der Waals surface area (Å²) in [5, 5.41) is 6.16. The lowest BCUT2D eigenvalue weighted by atomic mass is 10.2. The predicted molar refractivity (Wildman–Crippen MR) is 104 cm³/mol. The van der Waals surface area contributed by atoms with Gasteiger partial charge in [-0.15, -0.1) is 0 Å². The summed E-state index contributed by atoms with van der Waals surface area (Å²) >= 11 is 0. The fourth-order valence-electron chi connectivity index (χ4n) is 2.99. The number of nitrogens with zero attached hydrogens (tertiary/aromatic N) is 1. The molecular weight excluding hydrogens is 330 g/mol. The maximum atomic E-state index is 12.4. The first-order chi connectivity index (χ1) is 12.7. The van der Waals surface area contributed by atoms with E-state index >= 15 is 0 Å². The van der Waals surface area contributed by atoms with Crippen molar-refractivity contribution in [2.24, 2.45) is 0 Å². The predicted octanol–water partition coefficient (Wildman–Crippen LogP) is 2.89. The molecule has 6 heteroatoms. The number of carbonyl (C=O) groups excluding carboxylic acids is 1. The van der Waals surface area contributed by atoms with Gasteiger partial charge in [0.15, 0.2) is 0 Å². The summed E-state index contributed by atoms with van der Waals surface area (Å²) in [7, 11) is 1.62. The first-order valence-electron chi connectivity index (χ1n) is 8.77. The van der Waals surface area contributed by atoms with E-state index in [1.165, 1.54) is 0 Å². The number of para-hydroxylation sites is 2. The van der Waals surface area contributed by atoms with Crippen molar-refractivity contribution in [2.45, 2.75) is 6.92 Å². The third kappa shape index (κ3) is 4.46. The molecule has 0 aromatic heterocycles. The highest BCUT2D eigenvalue weighted by Gasteiger charge is 2.15. The molecule has 1 fully saturated rings. The first kappa shape index (κ1) is 18.1. The lowest BCUT2D eigenvalue weighted by molar-refractivity contribution is -0.114. The molecule has 1 amide bonds. The van der Waals surface area contributed by atoms with Gasteiger partial charge in [-0.3, -0.25) is 4.79 Å². The van der Waals surface area contributed by atoms with E-state index in [0.717, 1.165) is 41.5 Å². The van der Waals surface area contributed by atoms with E-state index in [-0.39, 0.29) is 12.5 Å². The zero-order valence-corrected chi connectivity index (χ0v) is 15.2. The van der Waals surface area contributed by atoms with Gasteiger partial charge < -0.3 is 25.0 Å². The number of morpholine rings is 1. The highest BCUT2D eigenvalue weighted by atomic mass is 16.5. The van der Waals surface area contributed by atoms with Gasteiger partial charge in [0.2, 0.25) is 5.91 Å². The molecule has 2 N–H and O–H groups in total. The third-order valence-electron chi connectivity index (χ3n) is 4.32. The molecule has 0 aliphatic carbocycles. The Hall–Kier alpha value is -2.73. The summed E-state index contributed by atoms with van der Waals surface area (Å²) in [6, 6.07) is 13.7. The van der Waals surface area contributed by atoms with Crippen LogP contribution in [0.25, 0.3) is 0 Å². The monoisotopic (exact) mass is 355 g/mol. The highest BCUT2D eigenvalue weighted by Crippen LogP contribution is 2.27. The van der Waals surface area contributed by atoms with Gasteiger partial charge in [0, 0.05) is 13.1 Å². The molecule has 1 aliphatic heterocycles. The number of hydrogen-bond donors (Lipinski definition) is 2. The fourth-order valence-corrected chi connectivity index (χ4v) is 2.99. The van der Waals surface area contributed by atoms with E-state index in [9.17, 15) is 4.79 Å². The Morgan fingerprint density at radius 3 is 2.69 bits per heavy atom. The van der Waals surface area contributed by atoms with Crippen molar-refractivity contribution in [1.29, 1.82) is 0 Å². The summed E-state index contributed by atoms with van der Waals surface area (Å²) in [6.45, 7) is 5.23. The molecule has 1 saturated heterocycles. The maximum Gasteiger partial charge on any atom is 0.243 e. The average Bonchev–Trinajstić information content (AvgIpc) is 2.67. The van der Waals surface area contributed by atoms with Crippen LogP contribution in [0.15, 0.2) is 42.5 Å². The van der Waals surface area contributed by atoms with Gasteiger partial charge in [0.25, 0.3) is 0 Å². The Morgan fingerprint density at radius 1 is 1.15 bits per heavy atom. The molecular formula is C20H25N3O3. The molecule has 0 spiro atoms. The fraction of sp³-hybridized carbons (Fsp3) is 0.350. The molecule has 138 valence electrons. The number of aryl methyl sites for hydroxylation is 1. The van der Waals surface area contributed by atoms with Crippen LogP contribution in [0.3, 0.4) is 0 Å². The van der Waals surface area contributed by atoms with Gasteiger partial charge in [0.1, 0.15) is 5.75 Å². The molecule has 0 bridgehead atoms. The number of methoxy groups -OCH3 is 1. The van der Waals surface area contributed by atoms with E-state index in [2.05, 4.69) is 15.5 Å². The summed E-state index contributed by atoms with van der Waals surface area (Å²) < 4.78 is 10.7. The second-order valence-electron chi connectivity index (χ2n) is 6.22. The van der Waals surface area contributed by atoms with Crippen LogP contribution in [0.5, 0.6) is 5.75 Å². The summed E-state index contributed by atoms with van der Waals surface area (Å²) in [6.07, 6.45) is 0. The molecule has 1 heterocycles. The normalized spacial score (nSPS) is 14.0. The van der Waals surface area contributed by atoms with Crippen molar-refractivity contribution >= 4 is 23.0 Å². The molecule has 0 unspecified atom stereocenters. The molecule has 26 heavy (non-hydrogen) atoms. The molecule has 1 aliphatic rings. The number of hydrogen-bond acceptors (Lipinski definition) is 5. The third-order valence-corrected chi connectivity index (χ3v) is 4.32.